The van der Waals surface area contributed by atoms with Gasteiger partial charge in [-0.1, -0.05) is 15.9 Å². The standard InChI is InChI=1S/C13H19BrN2O2/c1-10-8-11(2)16-12(9-10)13(17)15-5-3-6-18-7-4-14/h8-9H,3-7H2,1-2H3,(H,15,17). The third-order valence-corrected chi connectivity index (χ3v) is 2.63. The van der Waals surface area contributed by atoms with Gasteiger partial charge >= 0.3 is 0 Å². The Labute approximate surface area is 116 Å². The predicted molar refractivity (Wildman–Crippen MR) is 75.3 cm³/mol. The van der Waals surface area contributed by atoms with Crippen molar-refractivity contribution >= 4 is 21.8 Å². The Morgan fingerprint density at radius 3 is 2.83 bits per heavy atom. The third-order valence-electron chi connectivity index (χ3n) is 2.30. The Hall–Kier alpha value is -0.940. The molecule has 1 aromatic rings. The van der Waals surface area contributed by atoms with Crippen molar-refractivity contribution in [2.75, 3.05) is 25.1 Å². The van der Waals surface area contributed by atoms with Gasteiger partial charge in [-0.25, -0.2) is 4.98 Å². The second-order valence-electron chi connectivity index (χ2n) is 4.08. The minimum atomic E-state index is -0.123. The molecule has 18 heavy (non-hydrogen) atoms. The second-order valence-corrected chi connectivity index (χ2v) is 4.87. The highest BCUT2D eigenvalue weighted by Gasteiger charge is 2.07. The zero-order valence-corrected chi connectivity index (χ0v) is 12.4. The lowest BCUT2D eigenvalue weighted by Crippen LogP contribution is -2.26. The first-order valence-corrected chi connectivity index (χ1v) is 7.13. The van der Waals surface area contributed by atoms with Crippen LogP contribution in [0.15, 0.2) is 12.1 Å². The summed E-state index contributed by atoms with van der Waals surface area (Å²) in [5.41, 5.74) is 2.39. The number of carbonyl (C=O) groups excluding carboxylic acids is 1. The van der Waals surface area contributed by atoms with Gasteiger partial charge in [0, 0.05) is 24.2 Å². The van der Waals surface area contributed by atoms with Gasteiger partial charge in [0.05, 0.1) is 6.61 Å². The number of halogens is 1. The van der Waals surface area contributed by atoms with Gasteiger partial charge in [-0.2, -0.15) is 0 Å². The Morgan fingerprint density at radius 2 is 2.17 bits per heavy atom. The zero-order valence-electron chi connectivity index (χ0n) is 10.8. The number of ether oxygens (including phenoxy) is 1. The first kappa shape index (κ1) is 15.1. The van der Waals surface area contributed by atoms with Crippen LogP contribution in [0, 0.1) is 13.8 Å². The van der Waals surface area contributed by atoms with E-state index in [9.17, 15) is 4.79 Å². The van der Waals surface area contributed by atoms with E-state index >= 15 is 0 Å². The van der Waals surface area contributed by atoms with Crippen molar-refractivity contribution in [3.8, 4) is 0 Å². The van der Waals surface area contributed by atoms with E-state index < -0.39 is 0 Å². The molecule has 0 bridgehead atoms. The van der Waals surface area contributed by atoms with Crippen LogP contribution in [0.2, 0.25) is 0 Å². The summed E-state index contributed by atoms with van der Waals surface area (Å²) in [6.07, 6.45) is 0.809. The maximum absolute atomic E-state index is 11.8. The van der Waals surface area contributed by atoms with Crippen molar-refractivity contribution < 1.29 is 9.53 Å². The minimum absolute atomic E-state index is 0.123. The number of nitrogens with one attached hydrogen (secondary N) is 1. The van der Waals surface area contributed by atoms with E-state index in [0.717, 1.165) is 23.0 Å². The average molecular weight is 315 g/mol. The highest BCUT2D eigenvalue weighted by molar-refractivity contribution is 9.09. The molecule has 0 saturated heterocycles. The molecule has 0 unspecified atom stereocenters. The Bertz CT molecular complexity index is 376. The molecule has 1 heterocycles. The molecule has 0 aliphatic rings. The quantitative estimate of drug-likeness (QED) is 0.620. The average Bonchev–Trinajstić information content (AvgIpc) is 2.32. The molecule has 4 nitrogen and oxygen atoms in total. The van der Waals surface area contributed by atoms with Gasteiger partial charge in [0.25, 0.3) is 5.91 Å². The lowest BCUT2D eigenvalue weighted by Gasteiger charge is -2.06. The number of aryl methyl sites for hydroxylation is 2. The minimum Gasteiger partial charge on any atom is -0.381 e. The third kappa shape index (κ3) is 5.60. The van der Waals surface area contributed by atoms with E-state index in [-0.39, 0.29) is 5.91 Å². The van der Waals surface area contributed by atoms with Crippen LogP contribution in [0.5, 0.6) is 0 Å². The number of pyridine rings is 1. The number of carbonyl (C=O) groups is 1. The molecule has 0 spiro atoms. The Morgan fingerprint density at radius 1 is 1.39 bits per heavy atom. The Kier molecular flexibility index (Phi) is 6.90. The monoisotopic (exact) mass is 314 g/mol. The molecular weight excluding hydrogens is 296 g/mol. The van der Waals surface area contributed by atoms with Crippen LogP contribution in [0.25, 0.3) is 0 Å². The van der Waals surface area contributed by atoms with Gasteiger partial charge in [-0.15, -0.1) is 0 Å². The van der Waals surface area contributed by atoms with E-state index in [1.807, 2.05) is 19.9 Å². The van der Waals surface area contributed by atoms with Gasteiger partial charge in [0.15, 0.2) is 0 Å². The molecule has 0 radical (unpaired) electrons. The molecule has 1 amide bonds. The largest absolute Gasteiger partial charge is 0.381 e. The fourth-order valence-electron chi connectivity index (χ4n) is 1.58. The van der Waals surface area contributed by atoms with Crippen molar-refractivity contribution in [1.29, 1.82) is 0 Å². The molecule has 0 aromatic carbocycles. The number of alkyl halides is 1. The van der Waals surface area contributed by atoms with Crippen LogP contribution in [-0.2, 0) is 4.74 Å². The summed E-state index contributed by atoms with van der Waals surface area (Å²) in [6, 6.07) is 3.74. The zero-order chi connectivity index (χ0) is 13.4. The molecule has 0 aliphatic carbocycles. The van der Waals surface area contributed by atoms with Crippen molar-refractivity contribution in [3.63, 3.8) is 0 Å². The van der Waals surface area contributed by atoms with E-state index in [1.165, 1.54) is 0 Å². The van der Waals surface area contributed by atoms with Gasteiger partial charge in [0.2, 0.25) is 0 Å². The van der Waals surface area contributed by atoms with E-state index in [1.54, 1.807) is 6.07 Å². The summed E-state index contributed by atoms with van der Waals surface area (Å²) < 4.78 is 5.29. The van der Waals surface area contributed by atoms with Crippen molar-refractivity contribution in [2.45, 2.75) is 20.3 Å². The summed E-state index contributed by atoms with van der Waals surface area (Å²) in [4.78, 5) is 16.0. The Balaban J connectivity index is 2.32. The number of rotatable bonds is 7. The van der Waals surface area contributed by atoms with E-state index in [0.29, 0.717) is 25.5 Å². The number of amides is 1. The summed E-state index contributed by atoms with van der Waals surface area (Å²) in [6.45, 7) is 5.81. The summed E-state index contributed by atoms with van der Waals surface area (Å²) in [5, 5.41) is 3.68. The molecule has 1 N–H and O–H groups in total. The first-order chi connectivity index (χ1) is 8.63. The molecular formula is C13H19BrN2O2. The topological polar surface area (TPSA) is 51.2 Å². The van der Waals surface area contributed by atoms with Crippen LogP contribution in [0.1, 0.15) is 28.2 Å². The summed E-state index contributed by atoms with van der Waals surface area (Å²) in [5.74, 6) is -0.123. The smallest absolute Gasteiger partial charge is 0.269 e. The maximum Gasteiger partial charge on any atom is 0.269 e. The highest BCUT2D eigenvalue weighted by atomic mass is 79.9. The van der Waals surface area contributed by atoms with Crippen LogP contribution in [-0.4, -0.2) is 36.0 Å². The van der Waals surface area contributed by atoms with Gasteiger partial charge in [0.1, 0.15) is 5.69 Å². The normalized spacial score (nSPS) is 10.4. The molecule has 0 atom stereocenters. The van der Waals surface area contributed by atoms with Crippen molar-refractivity contribution in [1.82, 2.24) is 10.3 Å². The second kappa shape index (κ2) is 8.21. The molecule has 5 heteroatoms. The van der Waals surface area contributed by atoms with E-state index in [2.05, 4.69) is 26.2 Å². The lowest BCUT2D eigenvalue weighted by atomic mass is 10.2. The van der Waals surface area contributed by atoms with Crippen molar-refractivity contribution in [2.24, 2.45) is 0 Å². The number of hydrogen-bond donors (Lipinski definition) is 1. The van der Waals surface area contributed by atoms with E-state index in [4.69, 9.17) is 4.74 Å². The van der Waals surface area contributed by atoms with Gasteiger partial charge < -0.3 is 10.1 Å². The van der Waals surface area contributed by atoms with Crippen LogP contribution in [0.4, 0.5) is 0 Å². The van der Waals surface area contributed by atoms with Gasteiger partial charge in [-0.05, 0) is 38.0 Å². The molecule has 0 fully saturated rings. The molecule has 1 aromatic heterocycles. The number of nitrogens with zero attached hydrogens (tertiary/aromatic N) is 1. The predicted octanol–water partition coefficient (Wildman–Crippen LogP) is 2.23. The molecule has 0 aliphatic heterocycles. The fourth-order valence-corrected chi connectivity index (χ4v) is 1.81. The SMILES string of the molecule is Cc1cc(C)nc(C(=O)NCCCOCCBr)c1. The maximum atomic E-state index is 11.8. The molecule has 100 valence electrons. The fraction of sp³-hybridized carbons (Fsp3) is 0.538. The number of hydrogen-bond acceptors (Lipinski definition) is 3. The highest BCUT2D eigenvalue weighted by Crippen LogP contribution is 2.04. The van der Waals surface area contributed by atoms with Crippen LogP contribution in [0.3, 0.4) is 0 Å². The summed E-state index contributed by atoms with van der Waals surface area (Å²) in [7, 11) is 0. The lowest BCUT2D eigenvalue weighted by molar-refractivity contribution is 0.0939. The molecule has 0 saturated carbocycles. The summed E-state index contributed by atoms with van der Waals surface area (Å²) >= 11 is 3.28. The van der Waals surface area contributed by atoms with Gasteiger partial charge in [-0.3, -0.25) is 4.79 Å². The van der Waals surface area contributed by atoms with Crippen LogP contribution >= 0.6 is 15.9 Å². The van der Waals surface area contributed by atoms with Crippen LogP contribution < -0.4 is 5.32 Å². The number of aromatic nitrogens is 1. The molecule has 1 rings (SSSR count). The van der Waals surface area contributed by atoms with Crippen molar-refractivity contribution in [3.05, 3.63) is 29.1 Å². The first-order valence-electron chi connectivity index (χ1n) is 6.00.